The molecule has 0 aliphatic carbocycles. The van der Waals surface area contributed by atoms with Gasteiger partial charge in [0.2, 0.25) is 0 Å². The van der Waals surface area contributed by atoms with Gasteiger partial charge in [-0.25, -0.2) is 0 Å². The van der Waals surface area contributed by atoms with E-state index in [2.05, 4.69) is 0 Å². The van der Waals surface area contributed by atoms with E-state index in [4.69, 9.17) is 32.7 Å². The molecule has 2 aromatic carbocycles. The van der Waals surface area contributed by atoms with Gasteiger partial charge in [-0.05, 0) is 55.0 Å². The van der Waals surface area contributed by atoms with Crippen molar-refractivity contribution in [2.45, 2.75) is 13.0 Å². The molecule has 1 atom stereocenters. The van der Waals surface area contributed by atoms with Crippen LogP contribution < -0.4 is 4.74 Å². The lowest BCUT2D eigenvalue weighted by Gasteiger charge is -2.33. The predicted octanol–water partition coefficient (Wildman–Crippen LogP) is 4.61. The molecule has 0 bridgehead atoms. The molecular formula is C19H19Cl2NO3. The van der Waals surface area contributed by atoms with Crippen LogP contribution in [0.1, 0.15) is 28.9 Å². The largest absolute Gasteiger partial charge is 0.494 e. The maximum absolute atomic E-state index is 12.8. The molecule has 0 radical (unpaired) electrons. The molecule has 0 N–H and O–H groups in total. The van der Waals surface area contributed by atoms with Crippen molar-refractivity contribution in [3.05, 3.63) is 63.6 Å². The molecule has 25 heavy (non-hydrogen) atoms. The summed E-state index contributed by atoms with van der Waals surface area (Å²) in [6.07, 6.45) is -0.239. The molecule has 1 aliphatic heterocycles. The summed E-state index contributed by atoms with van der Waals surface area (Å²) in [5.74, 6) is 0.733. The van der Waals surface area contributed by atoms with Crippen molar-refractivity contribution < 1.29 is 14.3 Å². The van der Waals surface area contributed by atoms with E-state index < -0.39 is 0 Å². The average molecular weight is 380 g/mol. The fourth-order valence-electron chi connectivity index (χ4n) is 2.84. The van der Waals surface area contributed by atoms with Gasteiger partial charge in [0.15, 0.2) is 0 Å². The van der Waals surface area contributed by atoms with Crippen molar-refractivity contribution in [2.75, 3.05) is 26.3 Å². The lowest BCUT2D eigenvalue weighted by molar-refractivity contribution is -0.0228. The number of ether oxygens (including phenoxy) is 2. The van der Waals surface area contributed by atoms with Crippen molar-refractivity contribution in [2.24, 2.45) is 0 Å². The minimum absolute atomic E-state index is 0.0236. The van der Waals surface area contributed by atoms with Crippen molar-refractivity contribution in [3.8, 4) is 5.75 Å². The minimum Gasteiger partial charge on any atom is -0.494 e. The number of rotatable bonds is 4. The molecule has 0 spiro atoms. The molecule has 1 unspecified atom stereocenters. The monoisotopic (exact) mass is 379 g/mol. The predicted molar refractivity (Wildman–Crippen MR) is 98.7 cm³/mol. The molecule has 1 amide bonds. The van der Waals surface area contributed by atoms with Gasteiger partial charge < -0.3 is 14.4 Å². The van der Waals surface area contributed by atoms with Gasteiger partial charge in [0.25, 0.3) is 5.91 Å². The molecule has 6 heteroatoms. The third-order valence-electron chi connectivity index (χ3n) is 4.02. The van der Waals surface area contributed by atoms with Crippen LogP contribution in [0.25, 0.3) is 0 Å². The Bertz CT molecular complexity index is 729. The number of hydrogen-bond acceptors (Lipinski definition) is 3. The van der Waals surface area contributed by atoms with Gasteiger partial charge in [0.1, 0.15) is 11.9 Å². The van der Waals surface area contributed by atoms with E-state index in [9.17, 15) is 4.79 Å². The van der Waals surface area contributed by atoms with E-state index in [-0.39, 0.29) is 12.0 Å². The summed E-state index contributed by atoms with van der Waals surface area (Å²) < 4.78 is 11.2. The number of carbonyl (C=O) groups excluding carboxylic acids is 1. The van der Waals surface area contributed by atoms with Crippen molar-refractivity contribution in [3.63, 3.8) is 0 Å². The zero-order valence-electron chi connectivity index (χ0n) is 13.9. The van der Waals surface area contributed by atoms with Crippen LogP contribution in [-0.2, 0) is 4.74 Å². The summed E-state index contributed by atoms with van der Waals surface area (Å²) >= 11 is 12.1. The van der Waals surface area contributed by atoms with Crippen LogP contribution in [0, 0.1) is 0 Å². The fourth-order valence-corrected chi connectivity index (χ4v) is 3.38. The summed E-state index contributed by atoms with van der Waals surface area (Å²) in [5, 5.41) is 1.11. The first-order chi connectivity index (χ1) is 12.1. The first-order valence-electron chi connectivity index (χ1n) is 8.16. The zero-order valence-corrected chi connectivity index (χ0v) is 15.4. The lowest BCUT2D eigenvalue weighted by atomic mass is 10.1. The van der Waals surface area contributed by atoms with Gasteiger partial charge in [-0.2, -0.15) is 0 Å². The normalized spacial score (nSPS) is 17.4. The Labute approximate surface area is 157 Å². The van der Waals surface area contributed by atoms with Crippen LogP contribution in [0.2, 0.25) is 10.0 Å². The van der Waals surface area contributed by atoms with Gasteiger partial charge >= 0.3 is 0 Å². The number of hydrogen-bond donors (Lipinski definition) is 0. The molecular weight excluding hydrogens is 361 g/mol. The molecule has 3 rings (SSSR count). The average Bonchev–Trinajstić information content (AvgIpc) is 2.61. The van der Waals surface area contributed by atoms with Crippen molar-refractivity contribution >= 4 is 29.1 Å². The summed E-state index contributed by atoms with van der Waals surface area (Å²) in [6.45, 7) is 4.01. The third kappa shape index (κ3) is 4.46. The standard InChI is InChI=1S/C19H19Cl2NO3/c1-2-24-17-5-3-13(4-6-17)19(23)22-7-8-25-18(12-22)14-9-15(20)11-16(21)10-14/h3-6,9-11,18H,2,7-8,12H2,1H3. The van der Waals surface area contributed by atoms with Crippen LogP contribution in [0.4, 0.5) is 0 Å². The van der Waals surface area contributed by atoms with Crippen LogP contribution >= 0.6 is 23.2 Å². The Hall–Kier alpha value is -1.75. The highest BCUT2D eigenvalue weighted by Gasteiger charge is 2.26. The molecule has 1 saturated heterocycles. The van der Waals surface area contributed by atoms with E-state index in [1.807, 2.05) is 31.2 Å². The quantitative estimate of drug-likeness (QED) is 0.778. The summed E-state index contributed by atoms with van der Waals surface area (Å²) in [5.41, 5.74) is 1.51. The second kappa shape index (κ2) is 8.09. The highest BCUT2D eigenvalue weighted by molar-refractivity contribution is 6.34. The lowest BCUT2D eigenvalue weighted by Crippen LogP contribution is -2.42. The molecule has 1 aliphatic rings. The highest BCUT2D eigenvalue weighted by Crippen LogP contribution is 2.28. The molecule has 1 fully saturated rings. The summed E-state index contributed by atoms with van der Waals surface area (Å²) in [4.78, 5) is 14.5. The number of morpholine rings is 1. The Morgan fingerprint density at radius 1 is 1.20 bits per heavy atom. The Kier molecular flexibility index (Phi) is 5.84. The van der Waals surface area contributed by atoms with Crippen molar-refractivity contribution in [1.29, 1.82) is 0 Å². The maximum atomic E-state index is 12.8. The number of benzene rings is 2. The van der Waals surface area contributed by atoms with Gasteiger partial charge in [0, 0.05) is 22.2 Å². The van der Waals surface area contributed by atoms with E-state index in [0.29, 0.717) is 41.9 Å². The van der Waals surface area contributed by atoms with Gasteiger partial charge in [-0.1, -0.05) is 23.2 Å². The number of carbonyl (C=O) groups is 1. The topological polar surface area (TPSA) is 38.8 Å². The SMILES string of the molecule is CCOc1ccc(C(=O)N2CCOC(c3cc(Cl)cc(Cl)c3)C2)cc1. The molecule has 1 heterocycles. The fraction of sp³-hybridized carbons (Fsp3) is 0.316. The number of amides is 1. The van der Waals surface area contributed by atoms with Gasteiger partial charge in [0.05, 0.1) is 19.8 Å². The molecule has 2 aromatic rings. The zero-order chi connectivity index (χ0) is 17.8. The maximum Gasteiger partial charge on any atom is 0.254 e. The Balaban J connectivity index is 1.73. The van der Waals surface area contributed by atoms with Crippen LogP contribution in [0.15, 0.2) is 42.5 Å². The van der Waals surface area contributed by atoms with Crippen LogP contribution in [0.5, 0.6) is 5.75 Å². The first kappa shape index (κ1) is 18.1. The van der Waals surface area contributed by atoms with E-state index in [1.54, 1.807) is 23.1 Å². The number of nitrogens with zero attached hydrogens (tertiary/aromatic N) is 1. The summed E-state index contributed by atoms with van der Waals surface area (Å²) in [6, 6.07) is 12.5. The van der Waals surface area contributed by atoms with Crippen molar-refractivity contribution in [1.82, 2.24) is 4.90 Å². The minimum atomic E-state index is -0.239. The Morgan fingerprint density at radius 3 is 2.52 bits per heavy atom. The third-order valence-corrected chi connectivity index (χ3v) is 4.46. The highest BCUT2D eigenvalue weighted by atomic mass is 35.5. The second-order valence-electron chi connectivity index (χ2n) is 5.77. The molecule has 0 saturated carbocycles. The van der Waals surface area contributed by atoms with Gasteiger partial charge in [-0.3, -0.25) is 4.79 Å². The van der Waals surface area contributed by atoms with E-state index in [1.165, 1.54) is 0 Å². The molecule has 132 valence electrons. The Morgan fingerprint density at radius 2 is 1.88 bits per heavy atom. The first-order valence-corrected chi connectivity index (χ1v) is 8.92. The summed E-state index contributed by atoms with van der Waals surface area (Å²) in [7, 11) is 0. The van der Waals surface area contributed by atoms with Gasteiger partial charge in [-0.15, -0.1) is 0 Å². The molecule has 0 aromatic heterocycles. The molecule has 4 nitrogen and oxygen atoms in total. The van der Waals surface area contributed by atoms with E-state index in [0.717, 1.165) is 11.3 Å². The number of halogens is 2. The smallest absolute Gasteiger partial charge is 0.254 e. The second-order valence-corrected chi connectivity index (χ2v) is 6.64. The van der Waals surface area contributed by atoms with Crippen LogP contribution in [-0.4, -0.2) is 37.1 Å². The van der Waals surface area contributed by atoms with Crippen LogP contribution in [0.3, 0.4) is 0 Å². The van der Waals surface area contributed by atoms with E-state index >= 15 is 0 Å².